The number of benzene rings is 2. The largest absolute Gasteiger partial charge is 0.357 e. The Morgan fingerprint density at radius 3 is 2.90 bits per heavy atom. The van der Waals surface area contributed by atoms with Gasteiger partial charge in [-0.25, -0.2) is 9.37 Å². The molecule has 1 unspecified atom stereocenters. The lowest BCUT2D eigenvalue weighted by molar-refractivity contribution is 0.191. The Balaban J connectivity index is 1.67. The summed E-state index contributed by atoms with van der Waals surface area (Å²) in [6, 6.07) is 12.9. The summed E-state index contributed by atoms with van der Waals surface area (Å²) < 4.78 is 17.2. The van der Waals surface area contributed by atoms with E-state index in [1.54, 1.807) is 12.1 Å². The molecule has 5 rings (SSSR count). The lowest BCUT2D eigenvalue weighted by Crippen LogP contribution is -2.37. The summed E-state index contributed by atoms with van der Waals surface area (Å²) in [5, 5.41) is 1.65. The fourth-order valence-electron chi connectivity index (χ4n) is 4.52. The van der Waals surface area contributed by atoms with Crippen LogP contribution in [0.1, 0.15) is 35.6 Å². The van der Waals surface area contributed by atoms with Crippen LogP contribution in [0.5, 0.6) is 0 Å². The van der Waals surface area contributed by atoms with Crippen LogP contribution in [0, 0.1) is 5.82 Å². The minimum Gasteiger partial charge on any atom is -0.357 e. The first kappa shape index (κ1) is 18.4. The number of imidazole rings is 1. The highest BCUT2D eigenvalue weighted by atomic mass is 35.5. The van der Waals surface area contributed by atoms with Crippen molar-refractivity contribution in [1.82, 2.24) is 19.4 Å². The fraction of sp³-hybridized carbons (Fsp3) is 0.261. The molecule has 3 heterocycles. The Morgan fingerprint density at radius 1 is 1.21 bits per heavy atom. The van der Waals surface area contributed by atoms with Gasteiger partial charge in [0.05, 0.1) is 12.6 Å². The van der Waals surface area contributed by atoms with Crippen molar-refractivity contribution in [3.05, 3.63) is 88.3 Å². The van der Waals surface area contributed by atoms with Crippen molar-refractivity contribution in [2.75, 3.05) is 6.54 Å². The lowest BCUT2D eigenvalue weighted by Gasteiger charge is -2.36. The zero-order valence-corrected chi connectivity index (χ0v) is 17.0. The van der Waals surface area contributed by atoms with Gasteiger partial charge in [-0.15, -0.1) is 0 Å². The van der Waals surface area contributed by atoms with E-state index in [4.69, 9.17) is 11.6 Å². The predicted molar refractivity (Wildman–Crippen MR) is 114 cm³/mol. The number of hydrogen-bond donors (Lipinski definition) is 1. The van der Waals surface area contributed by atoms with Crippen molar-refractivity contribution in [1.29, 1.82) is 0 Å². The van der Waals surface area contributed by atoms with Crippen molar-refractivity contribution < 1.29 is 4.39 Å². The smallest absolute Gasteiger partial charge is 0.129 e. The molecule has 0 saturated carbocycles. The molecule has 2 aromatic heterocycles. The minimum atomic E-state index is -0.290. The van der Waals surface area contributed by atoms with Crippen molar-refractivity contribution in [3.8, 4) is 0 Å². The molecule has 148 valence electrons. The number of aryl methyl sites for hydroxylation is 1. The molecule has 1 aliphatic heterocycles. The maximum Gasteiger partial charge on any atom is 0.129 e. The summed E-state index contributed by atoms with van der Waals surface area (Å²) in [6.45, 7) is 4.39. The quantitative estimate of drug-likeness (QED) is 0.496. The maximum atomic E-state index is 15.0. The molecule has 0 aliphatic carbocycles. The van der Waals surface area contributed by atoms with Crippen LogP contribution in [0.15, 0.2) is 54.9 Å². The standard InChI is InChI=1S/C23H22ClFN4/c1-2-28-13-11-26-20(28)14-29-12-10-16-15-6-3-4-9-19(15)27-22(16)23(29)21-17(24)7-5-8-18(21)25/h3-9,11,13,23,27H,2,10,12,14H2,1H3. The SMILES string of the molecule is CCn1ccnc1CN1CCc2c([nH]c3ccccc23)C1c1c(F)cccc1Cl. The van der Waals surface area contributed by atoms with Gasteiger partial charge in [0, 0.05) is 52.7 Å². The second-order valence-electron chi connectivity index (χ2n) is 7.45. The minimum absolute atomic E-state index is 0.280. The molecule has 0 spiro atoms. The van der Waals surface area contributed by atoms with E-state index < -0.39 is 0 Å². The van der Waals surface area contributed by atoms with Gasteiger partial charge in [-0.1, -0.05) is 35.9 Å². The summed E-state index contributed by atoms with van der Waals surface area (Å²) in [6.07, 6.45) is 4.70. The molecule has 29 heavy (non-hydrogen) atoms. The maximum absolute atomic E-state index is 15.0. The number of aromatic amines is 1. The van der Waals surface area contributed by atoms with Crippen LogP contribution in [-0.4, -0.2) is 26.0 Å². The zero-order valence-electron chi connectivity index (χ0n) is 16.2. The number of halogens is 2. The Bertz CT molecular complexity index is 1160. The third-order valence-corrected chi connectivity index (χ3v) is 6.22. The van der Waals surface area contributed by atoms with Crippen LogP contribution in [0.4, 0.5) is 4.39 Å². The van der Waals surface area contributed by atoms with Crippen LogP contribution in [-0.2, 0) is 19.5 Å². The number of H-pyrrole nitrogens is 1. The van der Waals surface area contributed by atoms with Gasteiger partial charge in [0.15, 0.2) is 0 Å². The van der Waals surface area contributed by atoms with E-state index >= 15 is 4.39 Å². The van der Waals surface area contributed by atoms with Crippen molar-refractivity contribution >= 4 is 22.5 Å². The van der Waals surface area contributed by atoms with E-state index in [0.29, 0.717) is 17.1 Å². The van der Waals surface area contributed by atoms with Crippen LogP contribution >= 0.6 is 11.6 Å². The van der Waals surface area contributed by atoms with Gasteiger partial charge in [-0.3, -0.25) is 4.90 Å². The predicted octanol–water partition coefficient (Wildman–Crippen LogP) is 5.32. The van der Waals surface area contributed by atoms with Gasteiger partial charge in [0.2, 0.25) is 0 Å². The number of hydrogen-bond acceptors (Lipinski definition) is 2. The van der Waals surface area contributed by atoms with Gasteiger partial charge >= 0.3 is 0 Å². The van der Waals surface area contributed by atoms with Crippen LogP contribution in [0.3, 0.4) is 0 Å². The highest BCUT2D eigenvalue weighted by Crippen LogP contribution is 2.42. The van der Waals surface area contributed by atoms with E-state index in [1.807, 2.05) is 24.5 Å². The third-order valence-electron chi connectivity index (χ3n) is 5.89. The Hall–Kier alpha value is -2.63. The first-order valence-corrected chi connectivity index (χ1v) is 10.3. The summed E-state index contributed by atoms with van der Waals surface area (Å²) in [4.78, 5) is 10.4. The Kier molecular flexibility index (Phi) is 4.64. The molecule has 1 atom stereocenters. The molecule has 6 heteroatoms. The number of nitrogens with zero attached hydrogens (tertiary/aromatic N) is 3. The van der Waals surface area contributed by atoms with Crippen molar-refractivity contribution in [3.63, 3.8) is 0 Å². The molecule has 0 radical (unpaired) electrons. The Labute approximate surface area is 173 Å². The molecule has 4 aromatic rings. The molecule has 0 fully saturated rings. The highest BCUT2D eigenvalue weighted by Gasteiger charge is 2.35. The van der Waals surface area contributed by atoms with Crippen LogP contribution in [0.2, 0.25) is 5.02 Å². The summed E-state index contributed by atoms with van der Waals surface area (Å²) in [7, 11) is 0. The molecular weight excluding hydrogens is 387 g/mol. The van der Waals surface area contributed by atoms with Crippen molar-refractivity contribution in [2.24, 2.45) is 0 Å². The highest BCUT2D eigenvalue weighted by molar-refractivity contribution is 6.31. The lowest BCUT2D eigenvalue weighted by atomic mass is 9.92. The number of nitrogens with one attached hydrogen (secondary N) is 1. The molecular formula is C23H22ClFN4. The monoisotopic (exact) mass is 408 g/mol. The van der Waals surface area contributed by atoms with Crippen LogP contribution in [0.25, 0.3) is 10.9 Å². The van der Waals surface area contributed by atoms with Gasteiger partial charge in [-0.05, 0) is 37.1 Å². The van der Waals surface area contributed by atoms with E-state index in [-0.39, 0.29) is 11.9 Å². The topological polar surface area (TPSA) is 36.9 Å². The number of para-hydroxylation sites is 1. The molecule has 2 aromatic carbocycles. The molecule has 0 saturated heterocycles. The second-order valence-corrected chi connectivity index (χ2v) is 7.86. The molecule has 1 N–H and O–H groups in total. The van der Waals surface area contributed by atoms with Gasteiger partial charge in [0.1, 0.15) is 11.6 Å². The number of fused-ring (bicyclic) bond motifs is 3. The van der Waals surface area contributed by atoms with Gasteiger partial charge < -0.3 is 9.55 Å². The van der Waals surface area contributed by atoms with E-state index in [9.17, 15) is 0 Å². The zero-order chi connectivity index (χ0) is 20.0. The molecule has 4 nitrogen and oxygen atoms in total. The first-order chi connectivity index (χ1) is 14.2. The summed E-state index contributed by atoms with van der Waals surface area (Å²) in [5.74, 6) is 0.697. The molecule has 0 bridgehead atoms. The van der Waals surface area contributed by atoms with E-state index in [0.717, 1.165) is 36.5 Å². The van der Waals surface area contributed by atoms with Crippen LogP contribution < -0.4 is 0 Å². The average Bonchev–Trinajstić information content (AvgIpc) is 3.33. The van der Waals surface area contributed by atoms with Gasteiger partial charge in [-0.2, -0.15) is 0 Å². The third kappa shape index (κ3) is 3.05. The fourth-order valence-corrected chi connectivity index (χ4v) is 4.79. The molecule has 1 aliphatic rings. The van der Waals surface area contributed by atoms with E-state index in [2.05, 4.69) is 38.5 Å². The van der Waals surface area contributed by atoms with E-state index in [1.165, 1.54) is 17.0 Å². The normalized spacial score (nSPS) is 17.0. The summed E-state index contributed by atoms with van der Waals surface area (Å²) in [5.41, 5.74) is 3.88. The number of aromatic nitrogens is 3. The van der Waals surface area contributed by atoms with Crippen molar-refractivity contribution in [2.45, 2.75) is 32.5 Å². The average molecular weight is 409 g/mol. The van der Waals surface area contributed by atoms with Gasteiger partial charge in [0.25, 0.3) is 0 Å². The second kappa shape index (κ2) is 7.32. The molecule has 0 amide bonds. The number of rotatable bonds is 4. The first-order valence-electron chi connectivity index (χ1n) is 9.94. The Morgan fingerprint density at radius 2 is 2.07 bits per heavy atom. The summed E-state index contributed by atoms with van der Waals surface area (Å²) >= 11 is 6.53.